The molecule has 84 valence electrons. The number of rotatable bonds is 0. The van der Waals surface area contributed by atoms with E-state index in [1.54, 1.807) is 6.42 Å². The second-order valence-electron chi connectivity index (χ2n) is 8.04. The van der Waals surface area contributed by atoms with Gasteiger partial charge in [0.25, 0.3) is 0 Å². The summed E-state index contributed by atoms with van der Waals surface area (Å²) in [6.45, 7) is 10.4. The van der Waals surface area contributed by atoms with E-state index in [4.69, 9.17) is 0 Å². The Morgan fingerprint density at radius 2 is 1.60 bits per heavy atom. The highest BCUT2D eigenvalue weighted by atomic mass is 14.9. The van der Waals surface area contributed by atoms with Crippen LogP contribution in [0.15, 0.2) is 0 Å². The van der Waals surface area contributed by atoms with Gasteiger partial charge in [-0.05, 0) is 59.2 Å². The number of hydrogen-bond donors (Lipinski definition) is 0. The molecule has 0 N–H and O–H groups in total. The van der Waals surface area contributed by atoms with Crippen LogP contribution >= 0.6 is 0 Å². The van der Waals surface area contributed by atoms with E-state index in [0.717, 1.165) is 34.5 Å². The van der Waals surface area contributed by atoms with Crippen molar-refractivity contribution in [2.75, 3.05) is 0 Å². The summed E-state index contributed by atoms with van der Waals surface area (Å²) in [5, 5.41) is 0. The van der Waals surface area contributed by atoms with Gasteiger partial charge in [0.2, 0.25) is 0 Å². The predicted octanol–water partition coefficient (Wildman–Crippen LogP) is 4.10. The molecule has 0 aromatic heterocycles. The van der Waals surface area contributed by atoms with Crippen molar-refractivity contribution in [3.63, 3.8) is 0 Å². The van der Waals surface area contributed by atoms with Gasteiger partial charge < -0.3 is 0 Å². The van der Waals surface area contributed by atoms with E-state index in [1.807, 2.05) is 0 Å². The Morgan fingerprint density at radius 3 is 2.27 bits per heavy atom. The van der Waals surface area contributed by atoms with Crippen molar-refractivity contribution < 1.29 is 0 Å². The van der Waals surface area contributed by atoms with Crippen LogP contribution < -0.4 is 0 Å². The molecule has 0 aliphatic heterocycles. The first-order valence-electron chi connectivity index (χ1n) is 6.93. The van der Waals surface area contributed by atoms with Crippen LogP contribution in [0.25, 0.3) is 0 Å². The molecule has 5 aliphatic carbocycles. The molecule has 5 fully saturated rings. The molecule has 0 heteroatoms. The van der Waals surface area contributed by atoms with Crippen molar-refractivity contribution in [2.24, 2.45) is 39.9 Å². The normalized spacial score (nSPS) is 68.0. The SMILES string of the molecule is CC1(C)CCC[C@@]2(C)[C@@H]3C[C@@H]4[C@H]([C@@H]31)[C@]42C. The van der Waals surface area contributed by atoms with Crippen molar-refractivity contribution in [1.29, 1.82) is 0 Å². The third-order valence-corrected chi connectivity index (χ3v) is 7.58. The van der Waals surface area contributed by atoms with Crippen LogP contribution in [0.2, 0.25) is 0 Å². The zero-order valence-corrected chi connectivity index (χ0v) is 10.6. The molecule has 15 heavy (non-hydrogen) atoms. The summed E-state index contributed by atoms with van der Waals surface area (Å²) >= 11 is 0. The first kappa shape index (κ1) is 9.07. The monoisotopic (exact) mass is 204 g/mol. The second kappa shape index (κ2) is 2.05. The van der Waals surface area contributed by atoms with Crippen LogP contribution in [-0.2, 0) is 0 Å². The highest BCUT2D eigenvalue weighted by molar-refractivity contribution is 5.33. The molecular formula is C15H24. The smallest absolute Gasteiger partial charge is 0.0204 e. The zero-order valence-electron chi connectivity index (χ0n) is 10.6. The minimum atomic E-state index is 0.649. The molecule has 6 atom stereocenters. The Kier molecular flexibility index (Phi) is 1.24. The minimum absolute atomic E-state index is 0.649. The highest BCUT2D eigenvalue weighted by Gasteiger charge is 2.86. The lowest BCUT2D eigenvalue weighted by atomic mass is 9.69. The van der Waals surface area contributed by atoms with Crippen molar-refractivity contribution in [3.05, 3.63) is 0 Å². The lowest BCUT2D eigenvalue weighted by Crippen LogP contribution is -2.29. The lowest BCUT2D eigenvalue weighted by molar-refractivity contribution is 0.127. The fraction of sp³-hybridized carbons (Fsp3) is 1.00. The van der Waals surface area contributed by atoms with Crippen LogP contribution in [0, 0.1) is 39.9 Å². The van der Waals surface area contributed by atoms with E-state index in [9.17, 15) is 0 Å². The van der Waals surface area contributed by atoms with E-state index in [2.05, 4.69) is 27.7 Å². The molecule has 0 radical (unpaired) electrons. The zero-order chi connectivity index (χ0) is 10.6. The molecule has 0 saturated heterocycles. The third kappa shape index (κ3) is 0.666. The van der Waals surface area contributed by atoms with E-state index in [-0.39, 0.29) is 0 Å². The summed E-state index contributed by atoms with van der Waals surface area (Å²) in [6, 6.07) is 0. The number of hydrogen-bond acceptors (Lipinski definition) is 0. The van der Waals surface area contributed by atoms with E-state index >= 15 is 0 Å². The molecule has 5 saturated carbocycles. The molecule has 0 heterocycles. The van der Waals surface area contributed by atoms with Gasteiger partial charge in [-0.3, -0.25) is 0 Å². The Bertz CT molecular complexity index is 342. The molecule has 6 bridgehead atoms. The van der Waals surface area contributed by atoms with Gasteiger partial charge in [0, 0.05) is 0 Å². The second-order valence-corrected chi connectivity index (χ2v) is 8.04. The van der Waals surface area contributed by atoms with Crippen LogP contribution in [0.1, 0.15) is 53.4 Å². The van der Waals surface area contributed by atoms with Gasteiger partial charge in [-0.15, -0.1) is 0 Å². The third-order valence-electron chi connectivity index (χ3n) is 7.58. The fourth-order valence-electron chi connectivity index (χ4n) is 6.75. The molecule has 5 aliphatic rings. The topological polar surface area (TPSA) is 0 Å². The maximum Gasteiger partial charge on any atom is -0.0204 e. The fourth-order valence-corrected chi connectivity index (χ4v) is 6.75. The Hall–Kier alpha value is 0. The maximum atomic E-state index is 2.64. The van der Waals surface area contributed by atoms with E-state index in [1.165, 1.54) is 19.3 Å². The molecule has 0 aromatic rings. The minimum Gasteiger partial charge on any atom is -0.0596 e. The van der Waals surface area contributed by atoms with Gasteiger partial charge in [0.05, 0.1) is 0 Å². The first-order chi connectivity index (χ1) is 6.93. The first-order valence-corrected chi connectivity index (χ1v) is 6.93. The van der Waals surface area contributed by atoms with Crippen LogP contribution in [0.3, 0.4) is 0 Å². The van der Waals surface area contributed by atoms with Crippen LogP contribution in [0.5, 0.6) is 0 Å². The largest absolute Gasteiger partial charge is 0.0596 e. The summed E-state index contributed by atoms with van der Waals surface area (Å²) in [7, 11) is 0. The van der Waals surface area contributed by atoms with Gasteiger partial charge in [-0.2, -0.15) is 0 Å². The molecule has 0 unspecified atom stereocenters. The highest BCUT2D eigenvalue weighted by Crippen LogP contribution is 2.91. The average Bonchev–Trinajstić information content (AvgIpc) is 2.49. The van der Waals surface area contributed by atoms with E-state index in [0.29, 0.717) is 5.41 Å². The summed E-state index contributed by atoms with van der Waals surface area (Å²) in [5.41, 5.74) is 2.16. The van der Waals surface area contributed by atoms with Gasteiger partial charge >= 0.3 is 0 Å². The standard InChI is InChI=1S/C15H24/c1-13(2)6-5-7-14(3)9-8-10-12(11(9)13)15(10,14)4/h9-12H,5-8H2,1-4H3/t9-,10-,11-,12-,14+,15+/m1/s1. The quantitative estimate of drug-likeness (QED) is 0.557. The molecule has 0 amide bonds. The molecule has 0 aromatic carbocycles. The van der Waals surface area contributed by atoms with Gasteiger partial charge in [0.1, 0.15) is 0 Å². The summed E-state index contributed by atoms with van der Waals surface area (Å²) in [5.74, 6) is 4.44. The van der Waals surface area contributed by atoms with Crippen molar-refractivity contribution in [2.45, 2.75) is 53.4 Å². The average molecular weight is 204 g/mol. The van der Waals surface area contributed by atoms with Gasteiger partial charge in [0.15, 0.2) is 0 Å². The summed E-state index contributed by atoms with van der Waals surface area (Å²) < 4.78 is 0. The Balaban J connectivity index is 1.89. The van der Waals surface area contributed by atoms with Gasteiger partial charge in [-0.25, -0.2) is 0 Å². The predicted molar refractivity (Wildman–Crippen MR) is 62.4 cm³/mol. The lowest BCUT2D eigenvalue weighted by Gasteiger charge is -2.35. The van der Waals surface area contributed by atoms with Crippen LogP contribution in [-0.4, -0.2) is 0 Å². The molecule has 0 nitrogen and oxygen atoms in total. The van der Waals surface area contributed by atoms with Crippen molar-refractivity contribution in [3.8, 4) is 0 Å². The Labute approximate surface area is 93.8 Å². The summed E-state index contributed by atoms with van der Waals surface area (Å²) in [4.78, 5) is 0. The maximum absolute atomic E-state index is 2.64. The molecule has 0 spiro atoms. The van der Waals surface area contributed by atoms with Crippen LogP contribution in [0.4, 0.5) is 0 Å². The van der Waals surface area contributed by atoms with E-state index < -0.39 is 0 Å². The Morgan fingerprint density at radius 1 is 0.867 bits per heavy atom. The van der Waals surface area contributed by atoms with Gasteiger partial charge in [-0.1, -0.05) is 34.1 Å². The van der Waals surface area contributed by atoms with Crippen molar-refractivity contribution >= 4 is 0 Å². The molecular weight excluding hydrogens is 180 g/mol. The van der Waals surface area contributed by atoms with Crippen molar-refractivity contribution in [1.82, 2.24) is 0 Å². The molecule has 5 rings (SSSR count). The summed E-state index contributed by atoms with van der Waals surface area (Å²) in [6.07, 6.45) is 6.10.